The topological polar surface area (TPSA) is 76.7 Å². The van der Waals surface area contributed by atoms with Gasteiger partial charge in [0.05, 0.1) is 13.7 Å². The van der Waals surface area contributed by atoms with Crippen molar-refractivity contribution in [2.45, 2.75) is 51.6 Å². The number of amides is 2. The summed E-state index contributed by atoms with van der Waals surface area (Å²) in [6.45, 7) is 2.79. The highest BCUT2D eigenvalue weighted by atomic mass is 35.5. The average molecular weight is 558 g/mol. The van der Waals surface area contributed by atoms with Crippen LogP contribution in [-0.4, -0.2) is 25.5 Å². The maximum absolute atomic E-state index is 13.0. The molecule has 0 unspecified atom stereocenters. The SMILES string of the molecule is CCCCCCCCOc1ccc(C(NC(=O)c2ccc(Cl)cc2)NC(=O)c2ccc(Cl)cc2)cc1OC. The fraction of sp³-hybridized carbons (Fsp3) is 0.333. The van der Waals surface area contributed by atoms with Crippen LogP contribution in [0.1, 0.15) is 77.9 Å². The second-order valence-corrected chi connectivity index (χ2v) is 9.79. The van der Waals surface area contributed by atoms with Gasteiger partial charge in [-0.05, 0) is 72.6 Å². The second-order valence-electron chi connectivity index (χ2n) is 8.92. The minimum atomic E-state index is -0.845. The van der Waals surface area contributed by atoms with Gasteiger partial charge in [0.2, 0.25) is 0 Å². The molecule has 2 N–H and O–H groups in total. The molecule has 0 aliphatic carbocycles. The first kappa shape index (κ1) is 29.3. The molecule has 0 saturated heterocycles. The summed E-state index contributed by atoms with van der Waals surface area (Å²) in [4.78, 5) is 26.0. The molecule has 0 aromatic heterocycles. The summed E-state index contributed by atoms with van der Waals surface area (Å²) in [5, 5.41) is 6.83. The van der Waals surface area contributed by atoms with Gasteiger partial charge in [-0.15, -0.1) is 0 Å². The van der Waals surface area contributed by atoms with E-state index in [9.17, 15) is 9.59 Å². The lowest BCUT2D eigenvalue weighted by molar-refractivity contribution is 0.0883. The molecule has 8 heteroatoms. The minimum absolute atomic E-state index is 0.370. The maximum atomic E-state index is 13.0. The molecule has 0 spiro atoms. The number of carbonyl (C=O) groups excluding carboxylic acids is 2. The summed E-state index contributed by atoms with van der Waals surface area (Å²) in [6.07, 6.45) is 6.18. The van der Waals surface area contributed by atoms with E-state index in [1.807, 2.05) is 0 Å². The molecule has 0 aliphatic heterocycles. The quantitative estimate of drug-likeness (QED) is 0.158. The van der Waals surface area contributed by atoms with E-state index in [0.29, 0.717) is 44.8 Å². The van der Waals surface area contributed by atoms with Crippen LogP contribution in [0.3, 0.4) is 0 Å². The van der Waals surface area contributed by atoms with Crippen molar-refractivity contribution in [3.8, 4) is 11.5 Å². The Morgan fingerprint density at radius 1 is 0.737 bits per heavy atom. The van der Waals surface area contributed by atoms with Gasteiger partial charge in [-0.2, -0.15) is 0 Å². The van der Waals surface area contributed by atoms with Crippen LogP contribution in [0, 0.1) is 0 Å². The summed E-state index contributed by atoms with van der Waals surface area (Å²) < 4.78 is 11.5. The van der Waals surface area contributed by atoms with Gasteiger partial charge in [-0.3, -0.25) is 9.59 Å². The van der Waals surface area contributed by atoms with E-state index < -0.39 is 6.17 Å². The number of halogens is 2. The number of benzene rings is 3. The van der Waals surface area contributed by atoms with Gasteiger partial charge in [0.1, 0.15) is 6.17 Å². The number of ether oxygens (including phenoxy) is 2. The van der Waals surface area contributed by atoms with Gasteiger partial charge >= 0.3 is 0 Å². The van der Waals surface area contributed by atoms with Crippen molar-refractivity contribution in [1.29, 1.82) is 0 Å². The first-order valence-corrected chi connectivity index (χ1v) is 13.6. The molecule has 202 valence electrons. The second kappa shape index (κ2) is 15.3. The number of hydrogen-bond donors (Lipinski definition) is 2. The number of rotatable bonds is 14. The smallest absolute Gasteiger partial charge is 0.253 e. The van der Waals surface area contributed by atoms with Crippen molar-refractivity contribution >= 4 is 35.0 Å². The molecule has 3 aromatic carbocycles. The molecule has 0 radical (unpaired) electrons. The Bertz CT molecular complexity index is 1120. The molecule has 3 rings (SSSR count). The summed E-state index contributed by atoms with van der Waals surface area (Å²) in [6, 6.07) is 18.4. The maximum Gasteiger partial charge on any atom is 0.253 e. The molecule has 0 aliphatic rings. The molecule has 38 heavy (non-hydrogen) atoms. The van der Waals surface area contributed by atoms with Crippen molar-refractivity contribution in [2.75, 3.05) is 13.7 Å². The zero-order valence-corrected chi connectivity index (χ0v) is 23.3. The van der Waals surface area contributed by atoms with Gasteiger partial charge in [-0.25, -0.2) is 0 Å². The Hall–Kier alpha value is -3.22. The average Bonchev–Trinajstić information content (AvgIpc) is 2.92. The Morgan fingerprint density at radius 3 is 1.79 bits per heavy atom. The van der Waals surface area contributed by atoms with E-state index in [0.717, 1.165) is 12.8 Å². The van der Waals surface area contributed by atoms with Crippen LogP contribution in [0.4, 0.5) is 0 Å². The molecule has 0 heterocycles. The van der Waals surface area contributed by atoms with E-state index in [4.69, 9.17) is 32.7 Å². The molecular formula is C30H34Cl2N2O4. The first-order valence-electron chi connectivity index (χ1n) is 12.8. The van der Waals surface area contributed by atoms with Crippen LogP contribution in [0.5, 0.6) is 11.5 Å². The Labute approximate surface area is 234 Å². The third-order valence-corrected chi connectivity index (χ3v) is 6.54. The molecular weight excluding hydrogens is 523 g/mol. The van der Waals surface area contributed by atoms with Crippen LogP contribution >= 0.6 is 23.2 Å². The molecule has 3 aromatic rings. The highest BCUT2D eigenvalue weighted by Crippen LogP contribution is 2.30. The summed E-state index contributed by atoms with van der Waals surface area (Å²) >= 11 is 11.9. The Morgan fingerprint density at radius 2 is 1.26 bits per heavy atom. The number of hydrogen-bond acceptors (Lipinski definition) is 4. The van der Waals surface area contributed by atoms with Gasteiger partial charge in [0.25, 0.3) is 11.8 Å². The lowest BCUT2D eigenvalue weighted by Gasteiger charge is -2.22. The minimum Gasteiger partial charge on any atom is -0.493 e. The van der Waals surface area contributed by atoms with E-state index in [-0.39, 0.29) is 11.8 Å². The summed E-state index contributed by atoms with van der Waals surface area (Å²) in [7, 11) is 1.56. The summed E-state index contributed by atoms with van der Waals surface area (Å²) in [5.74, 6) is 0.382. The van der Waals surface area contributed by atoms with E-state index >= 15 is 0 Å². The third-order valence-electron chi connectivity index (χ3n) is 6.04. The van der Waals surface area contributed by atoms with Crippen LogP contribution in [0.15, 0.2) is 66.7 Å². The number of methoxy groups -OCH3 is 1. The van der Waals surface area contributed by atoms with Crippen molar-refractivity contribution in [2.24, 2.45) is 0 Å². The molecule has 6 nitrogen and oxygen atoms in total. The van der Waals surface area contributed by atoms with E-state index in [1.54, 1.807) is 73.8 Å². The molecule has 0 bridgehead atoms. The predicted molar refractivity (Wildman–Crippen MR) is 152 cm³/mol. The first-order chi connectivity index (χ1) is 18.4. The lowest BCUT2D eigenvalue weighted by Crippen LogP contribution is -2.41. The number of unbranched alkanes of at least 4 members (excludes halogenated alkanes) is 5. The van der Waals surface area contributed by atoms with Crippen molar-refractivity contribution in [3.63, 3.8) is 0 Å². The van der Waals surface area contributed by atoms with Gasteiger partial charge in [-0.1, -0.05) is 68.3 Å². The van der Waals surface area contributed by atoms with Crippen molar-refractivity contribution in [3.05, 3.63) is 93.5 Å². The van der Waals surface area contributed by atoms with Gasteiger partial charge in [0.15, 0.2) is 11.5 Å². The number of nitrogens with one attached hydrogen (secondary N) is 2. The predicted octanol–water partition coefficient (Wildman–Crippen LogP) is 7.60. The van der Waals surface area contributed by atoms with Crippen LogP contribution < -0.4 is 20.1 Å². The fourth-order valence-corrected chi connectivity index (χ4v) is 4.13. The molecule has 2 amide bonds. The highest BCUT2D eigenvalue weighted by Gasteiger charge is 2.21. The largest absolute Gasteiger partial charge is 0.493 e. The zero-order valence-electron chi connectivity index (χ0n) is 21.8. The fourth-order valence-electron chi connectivity index (χ4n) is 3.88. The monoisotopic (exact) mass is 556 g/mol. The van der Waals surface area contributed by atoms with Crippen LogP contribution in [0.2, 0.25) is 10.0 Å². The van der Waals surface area contributed by atoms with E-state index in [1.165, 1.54) is 25.7 Å². The molecule has 0 fully saturated rings. The lowest BCUT2D eigenvalue weighted by atomic mass is 10.1. The zero-order chi connectivity index (χ0) is 27.3. The highest BCUT2D eigenvalue weighted by molar-refractivity contribution is 6.31. The van der Waals surface area contributed by atoms with E-state index in [2.05, 4.69) is 17.6 Å². The van der Waals surface area contributed by atoms with Crippen molar-refractivity contribution in [1.82, 2.24) is 10.6 Å². The third kappa shape index (κ3) is 8.96. The number of carbonyl (C=O) groups is 2. The standard InChI is InChI=1S/C30H34Cl2N2O4/c1-3-4-5-6-7-8-19-38-26-18-13-23(20-27(26)37-2)28(33-29(35)21-9-14-24(31)15-10-21)34-30(36)22-11-16-25(32)17-12-22/h9-18,20,28H,3-8,19H2,1-2H3,(H,33,35)(H,34,36). The van der Waals surface area contributed by atoms with Crippen LogP contribution in [-0.2, 0) is 0 Å². The Kier molecular flexibility index (Phi) is 11.8. The Balaban J connectivity index is 1.76. The van der Waals surface area contributed by atoms with Gasteiger partial charge in [0, 0.05) is 21.2 Å². The molecule has 0 atom stereocenters. The van der Waals surface area contributed by atoms with Crippen LogP contribution in [0.25, 0.3) is 0 Å². The van der Waals surface area contributed by atoms with Gasteiger partial charge < -0.3 is 20.1 Å². The molecule has 0 saturated carbocycles. The summed E-state index contributed by atoms with van der Waals surface area (Å²) in [5.41, 5.74) is 1.44. The normalized spacial score (nSPS) is 10.8. The van der Waals surface area contributed by atoms with Crippen molar-refractivity contribution < 1.29 is 19.1 Å².